The van der Waals surface area contributed by atoms with Gasteiger partial charge >= 0.3 is 0 Å². The fourth-order valence-corrected chi connectivity index (χ4v) is 3.09. The second-order valence-electron chi connectivity index (χ2n) is 5.36. The molecule has 1 aliphatic heterocycles. The molecule has 0 bridgehead atoms. The third-order valence-corrected chi connectivity index (χ3v) is 4.53. The van der Waals surface area contributed by atoms with Crippen LogP contribution in [0.2, 0.25) is 5.02 Å². The predicted octanol–water partition coefficient (Wildman–Crippen LogP) is 4.08. The molecule has 0 amide bonds. The van der Waals surface area contributed by atoms with Crippen molar-refractivity contribution in [3.8, 4) is 0 Å². The summed E-state index contributed by atoms with van der Waals surface area (Å²) in [7, 11) is 0. The van der Waals surface area contributed by atoms with Gasteiger partial charge in [0, 0.05) is 35.9 Å². The zero-order chi connectivity index (χ0) is 13.7. The van der Waals surface area contributed by atoms with E-state index in [0.717, 1.165) is 37.1 Å². The fourth-order valence-electron chi connectivity index (χ4n) is 2.85. The van der Waals surface area contributed by atoms with E-state index in [1.54, 1.807) is 0 Å². The zero-order valence-electron chi connectivity index (χ0n) is 12.1. The lowest BCUT2D eigenvalue weighted by atomic mass is 9.94. The highest BCUT2D eigenvalue weighted by atomic mass is 35.5. The maximum Gasteiger partial charge on any atom is 0.0471 e. The maximum atomic E-state index is 6.37. The third-order valence-electron chi connectivity index (χ3n) is 4.18. The van der Waals surface area contributed by atoms with Crippen molar-refractivity contribution in [3.05, 3.63) is 28.8 Å². The first kappa shape index (κ1) is 14.7. The summed E-state index contributed by atoms with van der Waals surface area (Å²) in [6, 6.07) is 6.28. The number of anilines is 1. The second kappa shape index (κ2) is 7.16. The van der Waals surface area contributed by atoms with Crippen LogP contribution in [0.3, 0.4) is 0 Å². The fraction of sp³-hybridized carbons (Fsp3) is 0.625. The number of benzene rings is 1. The van der Waals surface area contributed by atoms with E-state index >= 15 is 0 Å². The average molecular weight is 281 g/mol. The number of nitrogens with one attached hydrogen (secondary N) is 1. The molecule has 0 saturated carbocycles. The molecule has 1 heterocycles. The summed E-state index contributed by atoms with van der Waals surface area (Å²) in [5.74, 6) is 0.910. The third kappa shape index (κ3) is 3.64. The summed E-state index contributed by atoms with van der Waals surface area (Å²) >= 11 is 6.37. The molecule has 19 heavy (non-hydrogen) atoms. The molecule has 0 aliphatic carbocycles. The highest BCUT2D eigenvalue weighted by Gasteiger charge is 2.20. The van der Waals surface area contributed by atoms with Crippen molar-refractivity contribution < 1.29 is 0 Å². The lowest BCUT2D eigenvalue weighted by molar-refractivity contribution is 0.394. The smallest absolute Gasteiger partial charge is 0.0471 e. The Hall–Kier alpha value is -0.730. The van der Waals surface area contributed by atoms with E-state index in [4.69, 9.17) is 11.6 Å². The molecule has 1 aliphatic rings. The molecule has 1 N–H and O–H groups in total. The van der Waals surface area contributed by atoms with Gasteiger partial charge in [0.05, 0.1) is 0 Å². The minimum absolute atomic E-state index is 0.860. The number of hydrogen-bond acceptors (Lipinski definition) is 2. The molecule has 1 aromatic rings. The molecule has 0 aromatic heterocycles. The molecule has 0 atom stereocenters. The standard InChI is InChI=1S/C16H25ClN2/c1-3-13-8-10-19(11-9-13)16-7-5-6-15(17)14(16)12-18-4-2/h5-7,13,18H,3-4,8-12H2,1-2H3. The van der Waals surface area contributed by atoms with Crippen LogP contribution in [0.5, 0.6) is 0 Å². The van der Waals surface area contributed by atoms with Crippen LogP contribution < -0.4 is 10.2 Å². The number of piperidine rings is 1. The molecular weight excluding hydrogens is 256 g/mol. The van der Waals surface area contributed by atoms with Crippen molar-refractivity contribution in [1.29, 1.82) is 0 Å². The van der Waals surface area contributed by atoms with Gasteiger partial charge in [-0.2, -0.15) is 0 Å². The molecule has 1 fully saturated rings. The SMILES string of the molecule is CCNCc1c(Cl)cccc1N1CCC(CC)CC1. The molecule has 2 rings (SSSR count). The van der Waals surface area contributed by atoms with Gasteiger partial charge in [-0.1, -0.05) is 37.9 Å². The summed E-state index contributed by atoms with van der Waals surface area (Å²) in [5, 5.41) is 4.28. The highest BCUT2D eigenvalue weighted by molar-refractivity contribution is 6.31. The number of hydrogen-bond donors (Lipinski definition) is 1. The van der Waals surface area contributed by atoms with Crippen molar-refractivity contribution >= 4 is 17.3 Å². The monoisotopic (exact) mass is 280 g/mol. The first-order valence-electron chi connectivity index (χ1n) is 7.49. The van der Waals surface area contributed by atoms with Crippen LogP contribution in [0.15, 0.2) is 18.2 Å². The van der Waals surface area contributed by atoms with E-state index in [9.17, 15) is 0 Å². The van der Waals surface area contributed by atoms with Gasteiger partial charge in [-0.05, 0) is 37.4 Å². The van der Waals surface area contributed by atoms with Gasteiger partial charge in [0.25, 0.3) is 0 Å². The van der Waals surface area contributed by atoms with Crippen LogP contribution in [-0.4, -0.2) is 19.6 Å². The van der Waals surface area contributed by atoms with E-state index in [1.807, 2.05) is 6.07 Å². The topological polar surface area (TPSA) is 15.3 Å². The molecule has 0 spiro atoms. The molecular formula is C16H25ClN2. The van der Waals surface area contributed by atoms with Gasteiger partial charge in [0.15, 0.2) is 0 Å². The largest absolute Gasteiger partial charge is 0.371 e. The number of nitrogens with zero attached hydrogens (tertiary/aromatic N) is 1. The first-order valence-corrected chi connectivity index (χ1v) is 7.87. The van der Waals surface area contributed by atoms with Gasteiger partial charge in [0.1, 0.15) is 0 Å². The maximum absolute atomic E-state index is 6.37. The minimum atomic E-state index is 0.860. The zero-order valence-corrected chi connectivity index (χ0v) is 12.8. The quantitative estimate of drug-likeness (QED) is 0.874. The molecule has 0 radical (unpaired) electrons. The average Bonchev–Trinajstić information content (AvgIpc) is 2.46. The summed E-state index contributed by atoms with van der Waals surface area (Å²) in [5.41, 5.74) is 2.57. The van der Waals surface area contributed by atoms with E-state index in [-0.39, 0.29) is 0 Å². The van der Waals surface area contributed by atoms with E-state index in [2.05, 4.69) is 36.2 Å². The van der Waals surface area contributed by atoms with E-state index in [1.165, 1.54) is 30.5 Å². The molecule has 1 aromatic carbocycles. The van der Waals surface area contributed by atoms with Crippen molar-refractivity contribution in [2.45, 2.75) is 39.7 Å². The molecule has 106 valence electrons. The van der Waals surface area contributed by atoms with Crippen LogP contribution in [0.4, 0.5) is 5.69 Å². The van der Waals surface area contributed by atoms with Gasteiger partial charge in [-0.25, -0.2) is 0 Å². The minimum Gasteiger partial charge on any atom is -0.371 e. The van der Waals surface area contributed by atoms with Gasteiger partial charge in [-0.15, -0.1) is 0 Å². The summed E-state index contributed by atoms with van der Waals surface area (Å²) in [6.07, 6.45) is 3.93. The summed E-state index contributed by atoms with van der Waals surface area (Å²) < 4.78 is 0. The van der Waals surface area contributed by atoms with Gasteiger partial charge in [0.2, 0.25) is 0 Å². The van der Waals surface area contributed by atoms with Crippen LogP contribution in [0, 0.1) is 5.92 Å². The molecule has 0 unspecified atom stereocenters. The number of halogens is 1. The lowest BCUT2D eigenvalue weighted by Crippen LogP contribution is -2.34. The van der Waals surface area contributed by atoms with Gasteiger partial charge in [-0.3, -0.25) is 0 Å². The Morgan fingerprint density at radius 1 is 1.26 bits per heavy atom. The predicted molar refractivity (Wildman–Crippen MR) is 84.1 cm³/mol. The van der Waals surface area contributed by atoms with Crippen LogP contribution in [0.25, 0.3) is 0 Å². The normalized spacial score (nSPS) is 16.9. The second-order valence-corrected chi connectivity index (χ2v) is 5.76. The first-order chi connectivity index (χ1) is 9.26. The van der Waals surface area contributed by atoms with E-state index in [0.29, 0.717) is 0 Å². The number of rotatable bonds is 5. The van der Waals surface area contributed by atoms with Crippen LogP contribution in [-0.2, 0) is 6.54 Å². The Balaban J connectivity index is 2.13. The van der Waals surface area contributed by atoms with Crippen molar-refractivity contribution in [2.75, 3.05) is 24.5 Å². The highest BCUT2D eigenvalue weighted by Crippen LogP contribution is 2.31. The van der Waals surface area contributed by atoms with E-state index < -0.39 is 0 Å². The van der Waals surface area contributed by atoms with Crippen LogP contribution >= 0.6 is 11.6 Å². The van der Waals surface area contributed by atoms with Crippen molar-refractivity contribution in [2.24, 2.45) is 5.92 Å². The van der Waals surface area contributed by atoms with Crippen molar-refractivity contribution in [1.82, 2.24) is 5.32 Å². The Morgan fingerprint density at radius 3 is 2.63 bits per heavy atom. The Labute approximate surface area is 122 Å². The summed E-state index contributed by atoms with van der Waals surface area (Å²) in [6.45, 7) is 8.59. The summed E-state index contributed by atoms with van der Waals surface area (Å²) in [4.78, 5) is 2.50. The van der Waals surface area contributed by atoms with Crippen LogP contribution in [0.1, 0.15) is 38.7 Å². The molecule has 3 heteroatoms. The molecule has 2 nitrogen and oxygen atoms in total. The van der Waals surface area contributed by atoms with Crippen molar-refractivity contribution in [3.63, 3.8) is 0 Å². The Morgan fingerprint density at radius 2 is 2.00 bits per heavy atom. The lowest BCUT2D eigenvalue weighted by Gasteiger charge is -2.34. The van der Waals surface area contributed by atoms with Gasteiger partial charge < -0.3 is 10.2 Å². The molecule has 1 saturated heterocycles. The Kier molecular flexibility index (Phi) is 5.53. The Bertz CT molecular complexity index is 398.